The van der Waals surface area contributed by atoms with E-state index in [0.717, 1.165) is 11.1 Å². The largest absolute Gasteiger partial charge is 0.415 e. The molecule has 0 aliphatic carbocycles. The highest BCUT2D eigenvalue weighted by atomic mass is 19.3. The SMILES string of the molecule is Cc1ccc(NC(=O)C2(c3ccccc3C(C)C)CN(Cc3nn[nH]n3)C2)c(OC(F)F)n1. The summed E-state index contributed by atoms with van der Waals surface area (Å²) in [7, 11) is 0. The fourth-order valence-corrected chi connectivity index (χ4v) is 4.20. The van der Waals surface area contributed by atoms with Crippen molar-refractivity contribution in [1.82, 2.24) is 30.5 Å². The molecule has 33 heavy (non-hydrogen) atoms. The van der Waals surface area contributed by atoms with Crippen LogP contribution in [0.5, 0.6) is 5.88 Å². The molecule has 0 atom stereocenters. The fraction of sp³-hybridized carbons (Fsp3) is 0.409. The number of aromatic nitrogens is 5. The van der Waals surface area contributed by atoms with Crippen molar-refractivity contribution in [2.75, 3.05) is 18.4 Å². The second-order valence-electron chi connectivity index (χ2n) is 8.44. The van der Waals surface area contributed by atoms with Gasteiger partial charge in [-0.3, -0.25) is 9.69 Å². The van der Waals surface area contributed by atoms with Gasteiger partial charge >= 0.3 is 6.61 Å². The number of tetrazole rings is 1. The molecule has 3 aromatic rings. The zero-order valence-corrected chi connectivity index (χ0v) is 18.5. The zero-order valence-electron chi connectivity index (χ0n) is 18.5. The fourth-order valence-electron chi connectivity index (χ4n) is 4.20. The number of carbonyl (C=O) groups is 1. The summed E-state index contributed by atoms with van der Waals surface area (Å²) in [5.41, 5.74) is 1.66. The average Bonchev–Trinajstić information content (AvgIpc) is 3.25. The summed E-state index contributed by atoms with van der Waals surface area (Å²) >= 11 is 0. The number of aromatic amines is 1. The van der Waals surface area contributed by atoms with Crippen LogP contribution in [0.3, 0.4) is 0 Å². The van der Waals surface area contributed by atoms with E-state index in [1.165, 1.54) is 6.07 Å². The molecule has 0 spiro atoms. The maximum Gasteiger partial charge on any atom is 0.388 e. The number of carbonyl (C=O) groups excluding carboxylic acids is 1. The molecule has 4 rings (SSSR count). The lowest BCUT2D eigenvalue weighted by Crippen LogP contribution is -2.64. The molecule has 2 N–H and O–H groups in total. The topological polar surface area (TPSA) is 109 Å². The predicted octanol–water partition coefficient (Wildman–Crippen LogP) is 3.02. The molecule has 1 fully saturated rings. The lowest BCUT2D eigenvalue weighted by Gasteiger charge is -2.49. The van der Waals surface area contributed by atoms with Gasteiger partial charge in [0.2, 0.25) is 11.8 Å². The highest BCUT2D eigenvalue weighted by molar-refractivity contribution is 6.01. The number of amides is 1. The van der Waals surface area contributed by atoms with Gasteiger partial charge in [0.25, 0.3) is 0 Å². The van der Waals surface area contributed by atoms with Crippen LogP contribution in [-0.2, 0) is 16.8 Å². The summed E-state index contributed by atoms with van der Waals surface area (Å²) in [6.07, 6.45) is 0. The number of halogens is 2. The number of benzene rings is 1. The van der Waals surface area contributed by atoms with E-state index in [2.05, 4.69) is 49.5 Å². The Morgan fingerprint density at radius 2 is 2.00 bits per heavy atom. The van der Waals surface area contributed by atoms with Crippen LogP contribution in [-0.4, -0.2) is 56.1 Å². The summed E-state index contributed by atoms with van der Waals surface area (Å²) in [6.45, 7) is 3.98. The van der Waals surface area contributed by atoms with E-state index in [9.17, 15) is 13.6 Å². The maximum absolute atomic E-state index is 13.7. The third-order valence-electron chi connectivity index (χ3n) is 5.72. The van der Waals surface area contributed by atoms with Crippen LogP contribution in [0.1, 0.15) is 42.4 Å². The summed E-state index contributed by atoms with van der Waals surface area (Å²) in [5, 5.41) is 16.7. The number of hydrogen-bond acceptors (Lipinski definition) is 7. The zero-order chi connectivity index (χ0) is 23.6. The minimum absolute atomic E-state index is 0.101. The molecule has 0 bridgehead atoms. The molecule has 0 radical (unpaired) electrons. The highest BCUT2D eigenvalue weighted by Gasteiger charge is 2.52. The van der Waals surface area contributed by atoms with Crippen molar-refractivity contribution in [2.24, 2.45) is 0 Å². The van der Waals surface area contributed by atoms with Crippen LogP contribution in [0, 0.1) is 6.92 Å². The lowest BCUT2D eigenvalue weighted by atomic mass is 9.69. The maximum atomic E-state index is 13.7. The molecule has 1 aliphatic heterocycles. The highest BCUT2D eigenvalue weighted by Crippen LogP contribution is 2.41. The minimum atomic E-state index is -3.06. The molecule has 0 unspecified atom stereocenters. The molecule has 9 nitrogen and oxygen atoms in total. The average molecular weight is 457 g/mol. The first-order valence-corrected chi connectivity index (χ1v) is 10.6. The molecular weight excluding hydrogens is 432 g/mol. The number of alkyl halides is 2. The Labute approximate surface area is 189 Å². The van der Waals surface area contributed by atoms with Gasteiger partial charge in [-0.15, -0.1) is 10.2 Å². The van der Waals surface area contributed by atoms with Crippen molar-refractivity contribution >= 4 is 11.6 Å². The van der Waals surface area contributed by atoms with Crippen LogP contribution < -0.4 is 10.1 Å². The van der Waals surface area contributed by atoms with Crippen molar-refractivity contribution in [2.45, 2.75) is 45.3 Å². The van der Waals surface area contributed by atoms with Gasteiger partial charge in [0.05, 0.1) is 12.0 Å². The number of nitrogens with one attached hydrogen (secondary N) is 2. The van der Waals surface area contributed by atoms with Crippen molar-refractivity contribution in [3.63, 3.8) is 0 Å². The first-order chi connectivity index (χ1) is 15.8. The smallest absolute Gasteiger partial charge is 0.388 e. The van der Waals surface area contributed by atoms with Crippen molar-refractivity contribution in [3.8, 4) is 5.88 Å². The molecule has 3 heterocycles. The van der Waals surface area contributed by atoms with Gasteiger partial charge in [-0.05, 0) is 36.1 Å². The van der Waals surface area contributed by atoms with Gasteiger partial charge in [-0.2, -0.15) is 14.0 Å². The summed E-state index contributed by atoms with van der Waals surface area (Å²) in [5.74, 6) is 0.0887. The van der Waals surface area contributed by atoms with Crippen molar-refractivity contribution in [3.05, 3.63) is 59.0 Å². The second kappa shape index (κ2) is 9.18. The van der Waals surface area contributed by atoms with Gasteiger partial charge in [0.1, 0.15) is 5.69 Å². The Morgan fingerprint density at radius 3 is 2.67 bits per heavy atom. The third kappa shape index (κ3) is 4.68. The van der Waals surface area contributed by atoms with E-state index >= 15 is 0 Å². The van der Waals surface area contributed by atoms with Crippen LogP contribution >= 0.6 is 0 Å². The summed E-state index contributed by atoms with van der Waals surface area (Å²) in [6, 6.07) is 11.0. The number of H-pyrrole nitrogens is 1. The number of pyridine rings is 1. The molecule has 2 aromatic heterocycles. The molecule has 1 amide bonds. The molecule has 1 aromatic carbocycles. The first kappa shape index (κ1) is 22.7. The van der Waals surface area contributed by atoms with Crippen LogP contribution in [0.15, 0.2) is 36.4 Å². The molecule has 174 valence electrons. The van der Waals surface area contributed by atoms with E-state index in [1.807, 2.05) is 29.2 Å². The second-order valence-corrected chi connectivity index (χ2v) is 8.44. The Hall–Kier alpha value is -3.47. The molecular formula is C22H25F2N7O2. The Kier molecular flexibility index (Phi) is 6.32. The van der Waals surface area contributed by atoms with E-state index < -0.39 is 12.0 Å². The number of rotatable bonds is 8. The summed E-state index contributed by atoms with van der Waals surface area (Å²) < 4.78 is 30.4. The minimum Gasteiger partial charge on any atom is -0.415 e. The first-order valence-electron chi connectivity index (χ1n) is 10.6. The molecule has 1 saturated heterocycles. The molecule has 1 aliphatic rings. The molecule has 11 heteroatoms. The number of aryl methyl sites for hydroxylation is 1. The standard InChI is InChI=1S/C22H25F2N7O2/c1-13(2)15-6-4-5-7-16(15)22(11-31(12-22)10-18-27-29-30-28-18)20(32)26-17-9-8-14(3)25-19(17)33-21(23)24/h4-9,13,21H,10-12H2,1-3H3,(H,26,32)(H,27,28,29,30). The Balaban J connectivity index is 1.66. The van der Waals surface area contributed by atoms with Crippen LogP contribution in [0.4, 0.5) is 14.5 Å². The predicted molar refractivity (Wildman–Crippen MR) is 116 cm³/mol. The quantitative estimate of drug-likeness (QED) is 0.535. The van der Waals surface area contributed by atoms with Gasteiger partial charge in [-0.1, -0.05) is 43.3 Å². The van der Waals surface area contributed by atoms with E-state index in [-0.39, 0.29) is 23.4 Å². The van der Waals surface area contributed by atoms with Crippen LogP contribution in [0.25, 0.3) is 0 Å². The van der Waals surface area contributed by atoms with Gasteiger partial charge < -0.3 is 10.1 Å². The third-order valence-corrected chi connectivity index (χ3v) is 5.72. The number of ether oxygens (including phenoxy) is 1. The monoisotopic (exact) mass is 457 g/mol. The number of nitrogens with zero attached hydrogens (tertiary/aromatic N) is 5. The Bertz CT molecular complexity index is 1120. The van der Waals surface area contributed by atoms with Gasteiger partial charge in [-0.25, -0.2) is 4.98 Å². The van der Waals surface area contributed by atoms with Crippen molar-refractivity contribution in [1.29, 1.82) is 0 Å². The number of anilines is 1. The molecule has 0 saturated carbocycles. The van der Waals surface area contributed by atoms with E-state index in [1.54, 1.807) is 13.0 Å². The van der Waals surface area contributed by atoms with E-state index in [4.69, 9.17) is 0 Å². The summed E-state index contributed by atoms with van der Waals surface area (Å²) in [4.78, 5) is 19.8. The number of hydrogen-bond donors (Lipinski definition) is 2. The lowest BCUT2D eigenvalue weighted by molar-refractivity contribution is -0.128. The number of likely N-dealkylation sites (tertiary alicyclic amines) is 1. The van der Waals surface area contributed by atoms with Gasteiger partial charge in [0, 0.05) is 18.8 Å². The van der Waals surface area contributed by atoms with Crippen LogP contribution in [0.2, 0.25) is 0 Å². The Morgan fingerprint density at radius 1 is 1.24 bits per heavy atom. The van der Waals surface area contributed by atoms with Gasteiger partial charge in [0.15, 0.2) is 5.82 Å². The van der Waals surface area contributed by atoms with E-state index in [0.29, 0.717) is 31.2 Å². The normalized spacial score (nSPS) is 15.5. The van der Waals surface area contributed by atoms with Crippen molar-refractivity contribution < 1.29 is 18.3 Å².